The van der Waals surface area contributed by atoms with Gasteiger partial charge in [-0.25, -0.2) is 14.4 Å². The highest BCUT2D eigenvalue weighted by molar-refractivity contribution is 6.23. The van der Waals surface area contributed by atoms with Crippen LogP contribution in [0.15, 0.2) is 30.5 Å². The Bertz CT molecular complexity index is 955. The summed E-state index contributed by atoms with van der Waals surface area (Å²) >= 11 is 0. The molecule has 1 aromatic carbocycles. The summed E-state index contributed by atoms with van der Waals surface area (Å²) in [5, 5.41) is 13.4. The Morgan fingerprint density at radius 1 is 1.20 bits per heavy atom. The molecule has 1 saturated heterocycles. The summed E-state index contributed by atoms with van der Waals surface area (Å²) in [6.45, 7) is 1.61. The number of carbonyl (C=O) groups excluding carboxylic acids is 3. The summed E-state index contributed by atoms with van der Waals surface area (Å²) in [4.78, 5) is 38.2. The van der Waals surface area contributed by atoms with Crippen LogP contribution in [0.3, 0.4) is 0 Å². The fourth-order valence-electron chi connectivity index (χ4n) is 3.72. The Morgan fingerprint density at radius 2 is 1.90 bits per heavy atom. The summed E-state index contributed by atoms with van der Waals surface area (Å²) in [5.74, 6) is -0.838. The molecule has 2 aromatic rings. The number of hydrogen-bond donors (Lipinski definition) is 3. The number of hydrogen-bond acceptors (Lipinski definition) is 6. The fourth-order valence-corrected chi connectivity index (χ4v) is 3.72. The molecule has 11 heteroatoms. The molecular formula is C19H24ClN7O3. The highest BCUT2D eigenvalue weighted by Crippen LogP contribution is 2.29. The van der Waals surface area contributed by atoms with Crippen LogP contribution in [0.1, 0.15) is 49.1 Å². The van der Waals surface area contributed by atoms with Gasteiger partial charge in [0.15, 0.2) is 5.69 Å². The molecule has 1 atom stereocenters. The van der Waals surface area contributed by atoms with Gasteiger partial charge in [0.25, 0.3) is 11.8 Å². The van der Waals surface area contributed by atoms with Crippen molar-refractivity contribution < 1.29 is 14.4 Å². The predicted octanol–water partition coefficient (Wildman–Crippen LogP) is 1.84. The lowest BCUT2D eigenvalue weighted by atomic mass is 9.92. The molecule has 0 spiro atoms. The second-order valence-electron chi connectivity index (χ2n) is 7.47. The molecule has 1 unspecified atom stereocenters. The first-order valence-corrected chi connectivity index (χ1v) is 9.66. The average molecular weight is 434 g/mol. The molecular weight excluding hydrogens is 410 g/mol. The van der Waals surface area contributed by atoms with Crippen molar-refractivity contribution in [3.63, 3.8) is 0 Å². The van der Waals surface area contributed by atoms with E-state index in [2.05, 4.69) is 20.9 Å². The number of aromatic nitrogens is 3. The van der Waals surface area contributed by atoms with Crippen molar-refractivity contribution in [3.8, 4) is 0 Å². The zero-order chi connectivity index (χ0) is 20.5. The lowest BCUT2D eigenvalue weighted by Gasteiger charge is -2.25. The third-order valence-corrected chi connectivity index (χ3v) is 5.39. The number of rotatable bonds is 4. The standard InChI is InChI=1S/C19H23N7O3.ClH/c1-11-18(28)26(19(29)21-11)16-5-3-2-4-14(16)22-17(27)15-10-25(24-23-15)13-8-6-12(20)7-9-13;/h2-5,10-13H,6-9,20H2,1H3,(H,21,29)(H,22,27);1H. The molecule has 1 saturated carbocycles. The number of nitrogens with zero attached hydrogens (tertiary/aromatic N) is 4. The molecule has 2 heterocycles. The van der Waals surface area contributed by atoms with Gasteiger partial charge in [-0.3, -0.25) is 9.59 Å². The zero-order valence-electron chi connectivity index (χ0n) is 16.4. The molecule has 1 aromatic heterocycles. The lowest BCUT2D eigenvalue weighted by Crippen LogP contribution is -2.32. The molecule has 0 bridgehead atoms. The van der Waals surface area contributed by atoms with E-state index in [0.29, 0.717) is 11.4 Å². The van der Waals surface area contributed by atoms with Crippen molar-refractivity contribution in [3.05, 3.63) is 36.2 Å². The Labute approximate surface area is 179 Å². The number of benzene rings is 1. The topological polar surface area (TPSA) is 135 Å². The first-order chi connectivity index (χ1) is 13.9. The first kappa shape index (κ1) is 21.7. The lowest BCUT2D eigenvalue weighted by molar-refractivity contribution is -0.117. The molecule has 0 radical (unpaired) electrons. The number of anilines is 2. The minimum Gasteiger partial charge on any atom is -0.328 e. The van der Waals surface area contributed by atoms with E-state index in [9.17, 15) is 14.4 Å². The molecule has 10 nitrogen and oxygen atoms in total. The summed E-state index contributed by atoms with van der Waals surface area (Å²) in [6.07, 6.45) is 5.26. The quantitative estimate of drug-likeness (QED) is 0.629. The van der Waals surface area contributed by atoms with E-state index in [1.165, 1.54) is 0 Å². The van der Waals surface area contributed by atoms with Crippen molar-refractivity contribution >= 4 is 41.6 Å². The number of halogens is 1. The van der Waals surface area contributed by atoms with Gasteiger partial charge in [0.1, 0.15) is 6.04 Å². The Morgan fingerprint density at radius 3 is 2.57 bits per heavy atom. The van der Waals surface area contributed by atoms with Gasteiger partial charge in [0.05, 0.1) is 23.6 Å². The maximum absolute atomic E-state index is 12.7. The summed E-state index contributed by atoms with van der Waals surface area (Å²) in [6, 6.07) is 5.91. The van der Waals surface area contributed by atoms with Crippen molar-refractivity contribution in [2.75, 3.05) is 10.2 Å². The van der Waals surface area contributed by atoms with Gasteiger partial charge >= 0.3 is 6.03 Å². The third kappa shape index (κ3) is 4.14. The van der Waals surface area contributed by atoms with Crippen molar-refractivity contribution in [2.24, 2.45) is 5.73 Å². The molecule has 4 rings (SSSR count). The third-order valence-electron chi connectivity index (χ3n) is 5.39. The van der Waals surface area contributed by atoms with Crippen LogP contribution >= 0.6 is 12.4 Å². The second-order valence-corrected chi connectivity index (χ2v) is 7.47. The average Bonchev–Trinajstić information content (AvgIpc) is 3.29. The van der Waals surface area contributed by atoms with Crippen molar-refractivity contribution in [2.45, 2.75) is 50.7 Å². The van der Waals surface area contributed by atoms with Crippen molar-refractivity contribution in [1.82, 2.24) is 20.3 Å². The molecule has 4 amide bonds. The highest BCUT2D eigenvalue weighted by Gasteiger charge is 2.37. The van der Waals surface area contributed by atoms with E-state index >= 15 is 0 Å². The van der Waals surface area contributed by atoms with Crippen LogP contribution in [0.2, 0.25) is 0 Å². The van der Waals surface area contributed by atoms with E-state index in [0.717, 1.165) is 30.6 Å². The maximum atomic E-state index is 12.7. The Hall–Kier alpha value is -2.98. The van der Waals surface area contributed by atoms with Crippen molar-refractivity contribution in [1.29, 1.82) is 0 Å². The molecule has 30 heavy (non-hydrogen) atoms. The van der Waals surface area contributed by atoms with Crippen LogP contribution in [0.5, 0.6) is 0 Å². The number of para-hydroxylation sites is 2. The Kier molecular flexibility index (Phi) is 6.37. The largest absolute Gasteiger partial charge is 0.329 e. The van der Waals surface area contributed by atoms with Gasteiger partial charge in [-0.1, -0.05) is 17.3 Å². The zero-order valence-corrected chi connectivity index (χ0v) is 17.3. The molecule has 160 valence electrons. The van der Waals surface area contributed by atoms with Gasteiger partial charge < -0.3 is 16.4 Å². The predicted molar refractivity (Wildman–Crippen MR) is 113 cm³/mol. The monoisotopic (exact) mass is 433 g/mol. The minimum atomic E-state index is -0.616. The molecule has 1 aliphatic heterocycles. The van der Waals surface area contributed by atoms with E-state index < -0.39 is 18.0 Å². The van der Waals surface area contributed by atoms with Gasteiger partial charge in [0, 0.05) is 6.04 Å². The highest BCUT2D eigenvalue weighted by atomic mass is 35.5. The van der Waals surface area contributed by atoms with Crippen LogP contribution in [0.25, 0.3) is 0 Å². The van der Waals surface area contributed by atoms with Gasteiger partial charge in [-0.05, 0) is 44.7 Å². The fraction of sp³-hybridized carbons (Fsp3) is 0.421. The van der Waals surface area contributed by atoms with E-state index in [1.54, 1.807) is 42.1 Å². The normalized spacial score (nSPS) is 23.7. The van der Waals surface area contributed by atoms with Crippen LogP contribution < -0.4 is 21.3 Å². The second kappa shape index (κ2) is 8.80. The van der Waals surface area contributed by atoms with E-state index in [1.807, 2.05) is 0 Å². The first-order valence-electron chi connectivity index (χ1n) is 9.66. The van der Waals surface area contributed by atoms with Gasteiger partial charge in [0.2, 0.25) is 0 Å². The summed E-state index contributed by atoms with van der Waals surface area (Å²) in [5.41, 5.74) is 6.76. The number of nitrogens with two attached hydrogens (primary N) is 1. The van der Waals surface area contributed by atoms with Gasteiger partial charge in [-0.2, -0.15) is 0 Å². The van der Waals surface area contributed by atoms with Crippen LogP contribution in [-0.4, -0.2) is 44.9 Å². The van der Waals surface area contributed by atoms with Crippen LogP contribution in [0, 0.1) is 0 Å². The van der Waals surface area contributed by atoms with Gasteiger partial charge in [-0.15, -0.1) is 17.5 Å². The molecule has 2 fully saturated rings. The molecule has 2 aliphatic rings. The summed E-state index contributed by atoms with van der Waals surface area (Å²) < 4.78 is 1.71. The number of amides is 4. The SMILES string of the molecule is CC1NC(=O)N(c2ccccc2NC(=O)c2cn(C3CCC(N)CC3)nn2)C1=O.Cl. The summed E-state index contributed by atoms with van der Waals surface area (Å²) in [7, 11) is 0. The maximum Gasteiger partial charge on any atom is 0.329 e. The number of carbonyl (C=O) groups is 3. The molecule has 1 aliphatic carbocycles. The smallest absolute Gasteiger partial charge is 0.328 e. The van der Waals surface area contributed by atoms with Crippen LogP contribution in [-0.2, 0) is 4.79 Å². The van der Waals surface area contributed by atoms with Crippen LogP contribution in [0.4, 0.5) is 16.2 Å². The number of urea groups is 1. The number of imide groups is 1. The Balaban J connectivity index is 0.00000256. The molecule has 4 N–H and O–H groups in total. The number of nitrogens with one attached hydrogen (secondary N) is 2. The van der Waals surface area contributed by atoms with E-state index in [4.69, 9.17) is 5.73 Å². The van der Waals surface area contributed by atoms with E-state index in [-0.39, 0.29) is 36.1 Å². The minimum absolute atomic E-state index is 0.